The van der Waals surface area contributed by atoms with Gasteiger partial charge in [0.25, 0.3) is 0 Å². The lowest BCUT2D eigenvalue weighted by Crippen LogP contribution is -2.02. The Kier molecular flexibility index (Phi) is 4.15. The molecule has 3 nitrogen and oxygen atoms in total. The minimum absolute atomic E-state index is 0.189. The van der Waals surface area contributed by atoms with Crippen molar-refractivity contribution < 1.29 is 18.7 Å². The molecule has 0 bridgehead atoms. The summed E-state index contributed by atoms with van der Waals surface area (Å²) in [6.07, 6.45) is 2.32. The number of rotatable bonds is 2. The van der Waals surface area contributed by atoms with Crippen LogP contribution in [-0.4, -0.2) is 19.5 Å². The first kappa shape index (κ1) is 15.3. The number of halogens is 1. The molecule has 2 aromatic carbocycles. The molecule has 1 aliphatic heterocycles. The Labute approximate surface area is 134 Å². The monoisotopic (exact) mass is 312 g/mol. The Balaban J connectivity index is 1.99. The molecule has 0 aromatic heterocycles. The Morgan fingerprint density at radius 3 is 2.78 bits per heavy atom. The van der Waals surface area contributed by atoms with Crippen LogP contribution < -0.4 is 9.47 Å². The second kappa shape index (κ2) is 6.24. The number of Topliss-reactive ketones (excluding diaryl/α,β-unsaturated/α-hetero) is 1. The number of hydrogen-bond donors (Lipinski definition) is 0. The van der Waals surface area contributed by atoms with Gasteiger partial charge in [0.2, 0.25) is 0 Å². The van der Waals surface area contributed by atoms with Crippen molar-refractivity contribution in [2.24, 2.45) is 0 Å². The van der Waals surface area contributed by atoms with Crippen molar-refractivity contribution in [3.63, 3.8) is 0 Å². The Morgan fingerprint density at radius 1 is 1.22 bits per heavy atom. The van der Waals surface area contributed by atoms with E-state index in [-0.39, 0.29) is 11.3 Å². The number of ketones is 1. The van der Waals surface area contributed by atoms with Crippen LogP contribution in [0.25, 0.3) is 6.08 Å². The van der Waals surface area contributed by atoms with E-state index in [1.54, 1.807) is 7.11 Å². The van der Waals surface area contributed by atoms with Gasteiger partial charge >= 0.3 is 0 Å². The van der Waals surface area contributed by atoms with Crippen LogP contribution in [0.5, 0.6) is 11.5 Å². The van der Waals surface area contributed by atoms with Gasteiger partial charge in [0.05, 0.1) is 19.3 Å². The first-order valence-corrected chi connectivity index (χ1v) is 7.41. The van der Waals surface area contributed by atoms with Crippen molar-refractivity contribution in [3.8, 4) is 11.5 Å². The highest BCUT2D eigenvalue weighted by atomic mass is 19.1. The van der Waals surface area contributed by atoms with Crippen molar-refractivity contribution in [2.45, 2.75) is 13.3 Å². The molecule has 0 saturated heterocycles. The molecule has 0 spiro atoms. The molecule has 2 aromatic rings. The van der Waals surface area contributed by atoms with Crippen LogP contribution in [0, 0.1) is 12.7 Å². The molecule has 0 fully saturated rings. The molecule has 23 heavy (non-hydrogen) atoms. The predicted molar refractivity (Wildman–Crippen MR) is 86.6 cm³/mol. The van der Waals surface area contributed by atoms with E-state index >= 15 is 0 Å². The molecule has 0 atom stereocenters. The second-order valence-corrected chi connectivity index (χ2v) is 5.47. The zero-order valence-corrected chi connectivity index (χ0v) is 13.1. The van der Waals surface area contributed by atoms with Gasteiger partial charge in [-0.2, -0.15) is 0 Å². The van der Waals surface area contributed by atoms with Crippen molar-refractivity contribution >= 4 is 11.9 Å². The Morgan fingerprint density at radius 2 is 2.04 bits per heavy atom. The van der Waals surface area contributed by atoms with Gasteiger partial charge in [-0.05, 0) is 54.5 Å². The molecular weight excluding hydrogens is 295 g/mol. The maximum absolute atomic E-state index is 13.4. The largest absolute Gasteiger partial charge is 0.496 e. The van der Waals surface area contributed by atoms with Crippen LogP contribution in [-0.2, 0) is 0 Å². The van der Waals surface area contributed by atoms with Crippen molar-refractivity contribution in [2.75, 3.05) is 13.7 Å². The molecule has 0 saturated carbocycles. The molecule has 0 aliphatic carbocycles. The van der Waals surface area contributed by atoms with E-state index in [9.17, 15) is 9.18 Å². The fourth-order valence-electron chi connectivity index (χ4n) is 2.69. The third-order valence-corrected chi connectivity index (χ3v) is 3.87. The Bertz CT molecular complexity index is 793. The molecule has 0 N–H and O–H groups in total. The number of carbonyl (C=O) groups excluding carboxylic acids is 1. The third-order valence-electron chi connectivity index (χ3n) is 3.87. The molecular formula is C19H17FO3. The van der Waals surface area contributed by atoms with Crippen LogP contribution in [0.1, 0.15) is 27.9 Å². The van der Waals surface area contributed by atoms with E-state index < -0.39 is 5.82 Å². The van der Waals surface area contributed by atoms with Gasteiger partial charge in [-0.3, -0.25) is 4.79 Å². The SMILES string of the molecule is COc1ccc(/C=C2\CCOc3ccc(F)cc3C2=O)cc1C. The van der Waals surface area contributed by atoms with E-state index in [4.69, 9.17) is 9.47 Å². The van der Waals surface area contributed by atoms with Gasteiger partial charge < -0.3 is 9.47 Å². The van der Waals surface area contributed by atoms with Gasteiger partial charge in [0, 0.05) is 12.0 Å². The molecule has 1 heterocycles. The lowest BCUT2D eigenvalue weighted by atomic mass is 9.98. The number of fused-ring (bicyclic) bond motifs is 1. The van der Waals surface area contributed by atoms with Gasteiger partial charge in [-0.15, -0.1) is 0 Å². The average molecular weight is 312 g/mol. The number of aryl methyl sites for hydroxylation is 1. The van der Waals surface area contributed by atoms with Crippen LogP contribution in [0.4, 0.5) is 4.39 Å². The quantitative estimate of drug-likeness (QED) is 0.780. The third kappa shape index (κ3) is 3.11. The zero-order chi connectivity index (χ0) is 16.4. The number of hydrogen-bond acceptors (Lipinski definition) is 3. The fraction of sp³-hybridized carbons (Fsp3) is 0.211. The van der Waals surface area contributed by atoms with E-state index in [0.29, 0.717) is 24.4 Å². The smallest absolute Gasteiger partial charge is 0.192 e. The van der Waals surface area contributed by atoms with Gasteiger partial charge in [0.1, 0.15) is 17.3 Å². The molecule has 0 radical (unpaired) electrons. The summed E-state index contributed by atoms with van der Waals surface area (Å²) in [7, 11) is 1.62. The maximum atomic E-state index is 13.4. The van der Waals surface area contributed by atoms with Crippen molar-refractivity contribution in [1.29, 1.82) is 0 Å². The van der Waals surface area contributed by atoms with E-state index in [0.717, 1.165) is 16.9 Å². The summed E-state index contributed by atoms with van der Waals surface area (Å²) in [6.45, 7) is 2.34. The first-order chi connectivity index (χ1) is 11.1. The number of benzene rings is 2. The lowest BCUT2D eigenvalue weighted by Gasteiger charge is -2.07. The summed E-state index contributed by atoms with van der Waals surface area (Å²) >= 11 is 0. The normalized spacial score (nSPS) is 15.8. The van der Waals surface area contributed by atoms with E-state index in [2.05, 4.69) is 0 Å². The lowest BCUT2D eigenvalue weighted by molar-refractivity contribution is 0.103. The highest BCUT2D eigenvalue weighted by Gasteiger charge is 2.21. The van der Waals surface area contributed by atoms with Crippen LogP contribution >= 0.6 is 0 Å². The summed E-state index contributed by atoms with van der Waals surface area (Å²) in [5, 5.41) is 0. The summed E-state index contributed by atoms with van der Waals surface area (Å²) in [5.41, 5.74) is 2.79. The number of carbonyl (C=O) groups is 1. The number of ether oxygens (including phenoxy) is 2. The minimum atomic E-state index is -0.442. The van der Waals surface area contributed by atoms with Gasteiger partial charge in [0.15, 0.2) is 5.78 Å². The number of methoxy groups -OCH3 is 1. The topological polar surface area (TPSA) is 35.5 Å². The average Bonchev–Trinajstić information content (AvgIpc) is 2.68. The summed E-state index contributed by atoms with van der Waals surface area (Å²) in [4.78, 5) is 12.7. The minimum Gasteiger partial charge on any atom is -0.496 e. The highest BCUT2D eigenvalue weighted by molar-refractivity contribution is 6.13. The maximum Gasteiger partial charge on any atom is 0.192 e. The van der Waals surface area contributed by atoms with Crippen LogP contribution in [0.15, 0.2) is 42.0 Å². The van der Waals surface area contributed by atoms with E-state index in [1.807, 2.05) is 31.2 Å². The molecule has 1 aliphatic rings. The Hall–Kier alpha value is -2.62. The molecule has 3 rings (SSSR count). The van der Waals surface area contributed by atoms with Gasteiger partial charge in [-0.25, -0.2) is 4.39 Å². The fourth-order valence-corrected chi connectivity index (χ4v) is 2.69. The predicted octanol–water partition coefficient (Wildman–Crippen LogP) is 4.19. The molecule has 4 heteroatoms. The summed E-state index contributed by atoms with van der Waals surface area (Å²) in [6, 6.07) is 9.75. The van der Waals surface area contributed by atoms with Crippen LogP contribution in [0.3, 0.4) is 0 Å². The zero-order valence-electron chi connectivity index (χ0n) is 13.1. The second-order valence-electron chi connectivity index (χ2n) is 5.47. The summed E-state index contributed by atoms with van der Waals surface area (Å²) < 4.78 is 24.2. The molecule has 0 amide bonds. The van der Waals surface area contributed by atoms with Crippen molar-refractivity contribution in [3.05, 3.63) is 64.5 Å². The first-order valence-electron chi connectivity index (χ1n) is 7.41. The van der Waals surface area contributed by atoms with E-state index in [1.165, 1.54) is 18.2 Å². The molecule has 0 unspecified atom stereocenters. The molecule has 118 valence electrons. The highest BCUT2D eigenvalue weighted by Crippen LogP contribution is 2.29. The van der Waals surface area contributed by atoms with Crippen LogP contribution in [0.2, 0.25) is 0 Å². The van der Waals surface area contributed by atoms with Crippen molar-refractivity contribution in [1.82, 2.24) is 0 Å². The standard InChI is InChI=1S/C19H17FO3/c1-12-9-13(3-5-17(12)22-2)10-14-7-8-23-18-6-4-15(20)11-16(18)19(14)21/h3-6,9-11H,7-8H2,1-2H3/b14-10+. The summed E-state index contributed by atoms with van der Waals surface area (Å²) in [5.74, 6) is 0.605. The van der Waals surface area contributed by atoms with Gasteiger partial charge in [-0.1, -0.05) is 6.07 Å².